The molecule has 3 nitrogen and oxygen atoms in total. The van der Waals surface area contributed by atoms with E-state index in [1.165, 1.54) is 0 Å². The highest BCUT2D eigenvalue weighted by Crippen LogP contribution is 2.34. The smallest absolute Gasteiger partial charge is 0.125 e. The van der Waals surface area contributed by atoms with Crippen LogP contribution < -0.4 is 9.47 Å². The molecule has 0 saturated heterocycles. The lowest BCUT2D eigenvalue weighted by atomic mass is 9.97. The predicted molar refractivity (Wildman–Crippen MR) is 76.1 cm³/mol. The molecule has 0 aliphatic carbocycles. The highest BCUT2D eigenvalue weighted by molar-refractivity contribution is 5.54. The first-order valence-electron chi connectivity index (χ1n) is 6.27. The molecule has 0 atom stereocenters. The largest absolute Gasteiger partial charge is 0.496 e. The molecule has 2 aromatic rings. The Balaban J connectivity index is 2.51. The topological polar surface area (TPSA) is 31.4 Å². The average Bonchev–Trinajstić information content (AvgIpc) is 2.44. The van der Waals surface area contributed by atoms with Gasteiger partial charge in [-0.15, -0.1) is 0 Å². The Morgan fingerprint density at radius 2 is 1.95 bits per heavy atom. The second-order valence-electron chi connectivity index (χ2n) is 4.57. The minimum absolute atomic E-state index is 0.793. The molecule has 19 heavy (non-hydrogen) atoms. The van der Waals surface area contributed by atoms with E-state index in [2.05, 4.69) is 18.0 Å². The SMILES string of the molecule is COc1cc(C)c(OC)c(Cc2cccnc2)c1C. The fourth-order valence-corrected chi connectivity index (χ4v) is 2.34. The lowest BCUT2D eigenvalue weighted by molar-refractivity contribution is 0.394. The van der Waals surface area contributed by atoms with Gasteiger partial charge in [0.05, 0.1) is 14.2 Å². The van der Waals surface area contributed by atoms with Crippen LogP contribution in [0.2, 0.25) is 0 Å². The first kappa shape index (κ1) is 13.4. The summed E-state index contributed by atoms with van der Waals surface area (Å²) in [5.74, 6) is 1.83. The summed E-state index contributed by atoms with van der Waals surface area (Å²) in [5, 5.41) is 0. The van der Waals surface area contributed by atoms with Gasteiger partial charge in [-0.2, -0.15) is 0 Å². The summed E-state index contributed by atoms with van der Waals surface area (Å²) in [7, 11) is 3.41. The zero-order valence-corrected chi connectivity index (χ0v) is 11.9. The number of methoxy groups -OCH3 is 2. The summed E-state index contributed by atoms with van der Waals surface area (Å²) in [6.07, 6.45) is 4.46. The quantitative estimate of drug-likeness (QED) is 0.842. The summed E-state index contributed by atoms with van der Waals surface area (Å²) in [6, 6.07) is 6.03. The molecule has 2 rings (SSSR count). The first-order valence-corrected chi connectivity index (χ1v) is 6.27. The molecule has 3 heteroatoms. The van der Waals surface area contributed by atoms with Crippen LogP contribution in [0.15, 0.2) is 30.6 Å². The normalized spacial score (nSPS) is 10.3. The Kier molecular flexibility index (Phi) is 4.05. The maximum Gasteiger partial charge on any atom is 0.125 e. The van der Waals surface area contributed by atoms with E-state index in [0.29, 0.717) is 0 Å². The summed E-state index contributed by atoms with van der Waals surface area (Å²) in [4.78, 5) is 4.16. The summed E-state index contributed by atoms with van der Waals surface area (Å²) in [6.45, 7) is 4.10. The van der Waals surface area contributed by atoms with Gasteiger partial charge in [0, 0.05) is 24.4 Å². The summed E-state index contributed by atoms with van der Waals surface area (Å²) in [5.41, 5.74) is 4.53. The molecule has 0 bridgehead atoms. The zero-order chi connectivity index (χ0) is 13.8. The fourth-order valence-electron chi connectivity index (χ4n) is 2.34. The minimum Gasteiger partial charge on any atom is -0.496 e. The molecule has 0 saturated carbocycles. The van der Waals surface area contributed by atoms with Crippen molar-refractivity contribution in [1.29, 1.82) is 0 Å². The number of hydrogen-bond donors (Lipinski definition) is 0. The van der Waals surface area contributed by atoms with E-state index in [1.54, 1.807) is 20.4 Å². The number of nitrogens with zero attached hydrogens (tertiary/aromatic N) is 1. The van der Waals surface area contributed by atoms with Crippen molar-refractivity contribution in [3.8, 4) is 11.5 Å². The third kappa shape index (κ3) is 2.70. The standard InChI is InChI=1S/C16H19NO2/c1-11-8-15(18-3)12(2)14(16(11)19-4)9-13-6-5-7-17-10-13/h5-8,10H,9H2,1-4H3. The van der Waals surface area contributed by atoms with Crippen molar-refractivity contribution in [1.82, 2.24) is 4.98 Å². The molecule has 100 valence electrons. The first-order chi connectivity index (χ1) is 9.17. The van der Waals surface area contributed by atoms with Crippen LogP contribution in [-0.4, -0.2) is 19.2 Å². The van der Waals surface area contributed by atoms with Crippen LogP contribution in [0, 0.1) is 13.8 Å². The van der Waals surface area contributed by atoms with Gasteiger partial charge in [-0.05, 0) is 42.7 Å². The van der Waals surface area contributed by atoms with Crippen molar-refractivity contribution in [2.45, 2.75) is 20.3 Å². The maximum absolute atomic E-state index is 5.55. The van der Waals surface area contributed by atoms with Gasteiger partial charge in [-0.1, -0.05) is 6.07 Å². The molecule has 0 radical (unpaired) electrons. The highest BCUT2D eigenvalue weighted by Gasteiger charge is 2.15. The van der Waals surface area contributed by atoms with Crippen molar-refractivity contribution < 1.29 is 9.47 Å². The number of pyridine rings is 1. The van der Waals surface area contributed by atoms with E-state index >= 15 is 0 Å². The predicted octanol–water partition coefficient (Wildman–Crippen LogP) is 3.31. The number of aryl methyl sites for hydroxylation is 1. The van der Waals surface area contributed by atoms with Gasteiger partial charge < -0.3 is 9.47 Å². The van der Waals surface area contributed by atoms with Crippen LogP contribution >= 0.6 is 0 Å². The molecule has 1 heterocycles. The van der Waals surface area contributed by atoms with E-state index in [0.717, 1.165) is 40.2 Å². The number of rotatable bonds is 4. The van der Waals surface area contributed by atoms with Gasteiger partial charge in [0.1, 0.15) is 11.5 Å². The summed E-state index contributed by atoms with van der Waals surface area (Å²) >= 11 is 0. The zero-order valence-electron chi connectivity index (χ0n) is 11.9. The van der Waals surface area contributed by atoms with Gasteiger partial charge >= 0.3 is 0 Å². The van der Waals surface area contributed by atoms with E-state index in [4.69, 9.17) is 9.47 Å². The number of benzene rings is 1. The number of ether oxygens (including phenoxy) is 2. The van der Waals surface area contributed by atoms with Gasteiger partial charge in [0.25, 0.3) is 0 Å². The molecule has 0 aliphatic heterocycles. The molecule has 1 aromatic carbocycles. The van der Waals surface area contributed by atoms with Crippen LogP contribution in [0.5, 0.6) is 11.5 Å². The van der Waals surface area contributed by atoms with Crippen LogP contribution in [0.4, 0.5) is 0 Å². The molecule has 0 spiro atoms. The van der Waals surface area contributed by atoms with Gasteiger partial charge in [0.2, 0.25) is 0 Å². The molecule has 0 unspecified atom stereocenters. The second kappa shape index (κ2) is 5.74. The Morgan fingerprint density at radius 1 is 1.16 bits per heavy atom. The van der Waals surface area contributed by atoms with Crippen molar-refractivity contribution >= 4 is 0 Å². The Bertz CT molecular complexity index is 565. The molecular formula is C16H19NO2. The van der Waals surface area contributed by atoms with Crippen LogP contribution in [0.25, 0.3) is 0 Å². The third-order valence-corrected chi connectivity index (χ3v) is 3.33. The van der Waals surface area contributed by atoms with Crippen LogP contribution in [0.1, 0.15) is 22.3 Å². The van der Waals surface area contributed by atoms with E-state index in [1.807, 2.05) is 25.3 Å². The molecule has 0 aliphatic rings. The number of aromatic nitrogens is 1. The van der Waals surface area contributed by atoms with Gasteiger partial charge in [-0.3, -0.25) is 4.98 Å². The fraction of sp³-hybridized carbons (Fsp3) is 0.312. The van der Waals surface area contributed by atoms with Gasteiger partial charge in [-0.25, -0.2) is 0 Å². The Morgan fingerprint density at radius 3 is 2.53 bits per heavy atom. The molecular weight excluding hydrogens is 238 g/mol. The lowest BCUT2D eigenvalue weighted by Crippen LogP contribution is -2.02. The van der Waals surface area contributed by atoms with Crippen LogP contribution in [0.3, 0.4) is 0 Å². The molecule has 0 N–H and O–H groups in total. The summed E-state index contributed by atoms with van der Waals surface area (Å²) < 4.78 is 11.0. The van der Waals surface area contributed by atoms with E-state index in [-0.39, 0.29) is 0 Å². The van der Waals surface area contributed by atoms with E-state index < -0.39 is 0 Å². The van der Waals surface area contributed by atoms with Crippen molar-refractivity contribution in [2.24, 2.45) is 0 Å². The lowest BCUT2D eigenvalue weighted by Gasteiger charge is -2.17. The van der Waals surface area contributed by atoms with Gasteiger partial charge in [0.15, 0.2) is 0 Å². The van der Waals surface area contributed by atoms with Crippen LogP contribution in [-0.2, 0) is 6.42 Å². The Hall–Kier alpha value is -2.03. The second-order valence-corrected chi connectivity index (χ2v) is 4.57. The Labute approximate surface area is 114 Å². The molecule has 0 fully saturated rings. The maximum atomic E-state index is 5.55. The van der Waals surface area contributed by atoms with Crippen molar-refractivity contribution in [3.05, 3.63) is 52.8 Å². The minimum atomic E-state index is 0.793. The van der Waals surface area contributed by atoms with E-state index in [9.17, 15) is 0 Å². The molecule has 0 amide bonds. The average molecular weight is 257 g/mol. The van der Waals surface area contributed by atoms with Crippen molar-refractivity contribution in [3.63, 3.8) is 0 Å². The molecule has 1 aromatic heterocycles. The third-order valence-electron chi connectivity index (χ3n) is 3.33. The monoisotopic (exact) mass is 257 g/mol. The number of hydrogen-bond acceptors (Lipinski definition) is 3. The highest BCUT2D eigenvalue weighted by atomic mass is 16.5. The van der Waals surface area contributed by atoms with Crippen molar-refractivity contribution in [2.75, 3.05) is 14.2 Å².